The van der Waals surface area contributed by atoms with Gasteiger partial charge in [0.15, 0.2) is 11.5 Å². The second-order valence-corrected chi connectivity index (χ2v) is 7.54. The Hall–Kier alpha value is -3.28. The van der Waals surface area contributed by atoms with Gasteiger partial charge in [0.05, 0.1) is 32.4 Å². The lowest BCUT2D eigenvalue weighted by Crippen LogP contribution is -2.41. The summed E-state index contributed by atoms with van der Waals surface area (Å²) in [5.41, 5.74) is 4.93. The molecule has 1 amide bonds. The minimum absolute atomic E-state index is 0.0543. The molecule has 0 bridgehead atoms. The van der Waals surface area contributed by atoms with Gasteiger partial charge in [-0.15, -0.1) is 0 Å². The van der Waals surface area contributed by atoms with Crippen LogP contribution in [0.1, 0.15) is 39.7 Å². The van der Waals surface area contributed by atoms with Crippen molar-refractivity contribution >= 4 is 5.91 Å². The second kappa shape index (κ2) is 8.22. The van der Waals surface area contributed by atoms with Crippen LogP contribution in [0, 0.1) is 13.8 Å². The zero-order valence-electron chi connectivity index (χ0n) is 17.8. The number of aromatic nitrogens is 1. The molecule has 1 aliphatic heterocycles. The van der Waals surface area contributed by atoms with Gasteiger partial charge in [-0.25, -0.2) is 0 Å². The summed E-state index contributed by atoms with van der Waals surface area (Å²) in [6.07, 6.45) is 1.03. The van der Waals surface area contributed by atoms with Crippen LogP contribution in [0.5, 0.6) is 11.5 Å². The van der Waals surface area contributed by atoms with Crippen molar-refractivity contribution in [3.8, 4) is 11.5 Å². The fraction of sp³-hybridized carbons (Fsp3) is 0.333. The topological polar surface area (TPSA) is 64.8 Å². The third kappa shape index (κ3) is 3.54. The van der Waals surface area contributed by atoms with E-state index in [-0.39, 0.29) is 18.4 Å². The number of hydrogen-bond acceptors (Lipinski definition) is 5. The molecule has 30 heavy (non-hydrogen) atoms. The lowest BCUT2D eigenvalue weighted by Gasteiger charge is -2.38. The molecule has 3 aromatic rings. The highest BCUT2D eigenvalue weighted by atomic mass is 16.5. The predicted octanol–water partition coefficient (Wildman–Crippen LogP) is 4.03. The highest BCUT2D eigenvalue weighted by Gasteiger charge is 2.33. The molecule has 0 unspecified atom stereocenters. The molecule has 2 heterocycles. The summed E-state index contributed by atoms with van der Waals surface area (Å²) >= 11 is 0. The number of hydrogen-bond donors (Lipinski definition) is 0. The molecule has 0 fully saturated rings. The standard InChI is InChI=1S/C24H26N2O4/c1-15-19(16(2)30-25-15)14-23(27)26-11-10-18-12-21(28-3)22(29-4)13-20(18)24(26)17-8-6-5-7-9-17/h5-9,12-13,24H,10-11,14H2,1-4H3/t24-/m0/s1. The molecule has 1 atom stereocenters. The maximum absolute atomic E-state index is 13.4. The number of aryl methyl sites for hydroxylation is 2. The Bertz CT molecular complexity index is 1040. The van der Waals surface area contributed by atoms with E-state index in [1.54, 1.807) is 14.2 Å². The van der Waals surface area contributed by atoms with E-state index >= 15 is 0 Å². The van der Waals surface area contributed by atoms with Crippen LogP contribution in [0.3, 0.4) is 0 Å². The zero-order chi connectivity index (χ0) is 21.3. The van der Waals surface area contributed by atoms with Crippen LogP contribution in [-0.2, 0) is 17.6 Å². The van der Waals surface area contributed by atoms with Gasteiger partial charge in [0.2, 0.25) is 5.91 Å². The molecule has 1 aromatic heterocycles. The number of ether oxygens (including phenoxy) is 2. The summed E-state index contributed by atoms with van der Waals surface area (Å²) in [6, 6.07) is 13.9. The average Bonchev–Trinajstić information content (AvgIpc) is 3.09. The van der Waals surface area contributed by atoms with Crippen molar-refractivity contribution in [3.05, 3.63) is 76.2 Å². The van der Waals surface area contributed by atoms with E-state index in [2.05, 4.69) is 17.3 Å². The fourth-order valence-corrected chi connectivity index (χ4v) is 4.22. The van der Waals surface area contributed by atoms with Crippen molar-refractivity contribution < 1.29 is 18.8 Å². The Balaban J connectivity index is 1.77. The Morgan fingerprint density at radius 3 is 2.47 bits per heavy atom. The monoisotopic (exact) mass is 406 g/mol. The van der Waals surface area contributed by atoms with Crippen molar-refractivity contribution in [2.24, 2.45) is 0 Å². The van der Waals surface area contributed by atoms with Gasteiger partial charge in [0.25, 0.3) is 0 Å². The third-order valence-corrected chi connectivity index (χ3v) is 5.82. The molecule has 0 saturated carbocycles. The first-order chi connectivity index (χ1) is 14.5. The summed E-state index contributed by atoms with van der Waals surface area (Å²) in [6.45, 7) is 4.35. The van der Waals surface area contributed by atoms with Crippen molar-refractivity contribution in [1.29, 1.82) is 0 Å². The molecular weight excluding hydrogens is 380 g/mol. The smallest absolute Gasteiger partial charge is 0.227 e. The summed E-state index contributed by atoms with van der Waals surface area (Å²) < 4.78 is 16.3. The maximum atomic E-state index is 13.4. The average molecular weight is 406 g/mol. The first-order valence-electron chi connectivity index (χ1n) is 10.0. The number of rotatable bonds is 5. The highest BCUT2D eigenvalue weighted by Crippen LogP contribution is 2.41. The van der Waals surface area contributed by atoms with Crippen LogP contribution in [0.15, 0.2) is 47.0 Å². The lowest BCUT2D eigenvalue weighted by atomic mass is 9.87. The van der Waals surface area contributed by atoms with Crippen LogP contribution in [0.4, 0.5) is 0 Å². The maximum Gasteiger partial charge on any atom is 0.227 e. The first-order valence-corrected chi connectivity index (χ1v) is 10.0. The van der Waals surface area contributed by atoms with Gasteiger partial charge >= 0.3 is 0 Å². The van der Waals surface area contributed by atoms with Crippen molar-refractivity contribution in [2.45, 2.75) is 32.7 Å². The number of nitrogens with zero attached hydrogens (tertiary/aromatic N) is 2. The number of benzene rings is 2. The number of fused-ring (bicyclic) bond motifs is 1. The molecule has 2 aromatic carbocycles. The summed E-state index contributed by atoms with van der Waals surface area (Å²) in [5.74, 6) is 2.12. The minimum atomic E-state index is -0.192. The molecule has 0 saturated heterocycles. The van der Waals surface area contributed by atoms with Crippen molar-refractivity contribution in [3.63, 3.8) is 0 Å². The van der Waals surface area contributed by atoms with Gasteiger partial charge < -0.3 is 18.9 Å². The van der Waals surface area contributed by atoms with Gasteiger partial charge in [-0.3, -0.25) is 4.79 Å². The van der Waals surface area contributed by atoms with Crippen molar-refractivity contribution in [2.75, 3.05) is 20.8 Å². The Morgan fingerprint density at radius 1 is 1.13 bits per heavy atom. The van der Waals surface area contributed by atoms with E-state index in [9.17, 15) is 4.79 Å². The van der Waals surface area contributed by atoms with E-state index in [4.69, 9.17) is 14.0 Å². The molecule has 0 spiro atoms. The zero-order valence-corrected chi connectivity index (χ0v) is 17.8. The molecule has 156 valence electrons. The van der Waals surface area contributed by atoms with Crippen LogP contribution >= 0.6 is 0 Å². The molecule has 1 aliphatic rings. The number of amides is 1. The largest absolute Gasteiger partial charge is 0.493 e. The molecule has 4 rings (SSSR count). The van der Waals surface area contributed by atoms with Gasteiger partial charge in [-0.1, -0.05) is 35.5 Å². The molecule has 0 N–H and O–H groups in total. The third-order valence-electron chi connectivity index (χ3n) is 5.82. The molecule has 0 aliphatic carbocycles. The summed E-state index contributed by atoms with van der Waals surface area (Å²) in [5, 5.41) is 3.99. The molecular formula is C24H26N2O4. The van der Waals surface area contributed by atoms with E-state index in [0.717, 1.165) is 28.8 Å². The minimum Gasteiger partial charge on any atom is -0.493 e. The SMILES string of the molecule is COc1cc2c(cc1OC)[C@H](c1ccccc1)N(C(=O)Cc1c(C)noc1C)CC2. The summed E-state index contributed by atoms with van der Waals surface area (Å²) in [4.78, 5) is 15.4. The molecule has 6 nitrogen and oxygen atoms in total. The van der Waals surface area contributed by atoms with Crippen LogP contribution in [-0.4, -0.2) is 36.7 Å². The van der Waals surface area contributed by atoms with E-state index in [1.165, 1.54) is 5.56 Å². The quantitative estimate of drug-likeness (QED) is 0.640. The summed E-state index contributed by atoms with van der Waals surface area (Å²) in [7, 11) is 3.27. The fourth-order valence-electron chi connectivity index (χ4n) is 4.22. The van der Waals surface area contributed by atoms with Crippen LogP contribution in [0.2, 0.25) is 0 Å². The molecule has 0 radical (unpaired) electrons. The van der Waals surface area contributed by atoms with Crippen molar-refractivity contribution in [1.82, 2.24) is 10.1 Å². The molecule has 6 heteroatoms. The lowest BCUT2D eigenvalue weighted by molar-refractivity contribution is -0.132. The van der Waals surface area contributed by atoms with Crippen LogP contribution < -0.4 is 9.47 Å². The van der Waals surface area contributed by atoms with E-state index < -0.39 is 0 Å². The van der Waals surface area contributed by atoms with Gasteiger partial charge in [-0.05, 0) is 49.1 Å². The van der Waals surface area contributed by atoms with Gasteiger partial charge in [0, 0.05) is 12.1 Å². The second-order valence-electron chi connectivity index (χ2n) is 7.54. The number of carbonyl (C=O) groups is 1. The number of methoxy groups -OCH3 is 2. The Labute approximate surface area is 176 Å². The van der Waals surface area contributed by atoms with Crippen LogP contribution in [0.25, 0.3) is 0 Å². The first kappa shape index (κ1) is 20.0. The predicted molar refractivity (Wildman–Crippen MR) is 113 cm³/mol. The number of carbonyl (C=O) groups excluding carboxylic acids is 1. The Morgan fingerprint density at radius 2 is 1.83 bits per heavy atom. The van der Waals surface area contributed by atoms with E-state index in [0.29, 0.717) is 23.8 Å². The van der Waals surface area contributed by atoms with Gasteiger partial charge in [-0.2, -0.15) is 0 Å². The van der Waals surface area contributed by atoms with Gasteiger partial charge in [0.1, 0.15) is 5.76 Å². The van der Waals surface area contributed by atoms with E-state index in [1.807, 2.05) is 49.1 Å². The highest BCUT2D eigenvalue weighted by molar-refractivity contribution is 5.81. The normalized spacial score (nSPS) is 15.6. The Kier molecular flexibility index (Phi) is 5.48.